The molecule has 2 aliphatic carbocycles. The van der Waals surface area contributed by atoms with E-state index < -0.39 is 0 Å². The maximum absolute atomic E-state index is 11.9. The number of rotatable bonds is 3. The third-order valence-corrected chi connectivity index (χ3v) is 5.14. The van der Waals surface area contributed by atoms with E-state index in [4.69, 9.17) is 4.74 Å². The third kappa shape index (κ3) is 2.03. The van der Waals surface area contributed by atoms with Gasteiger partial charge in [0, 0.05) is 13.0 Å². The zero-order valence-electron chi connectivity index (χ0n) is 10.4. The first-order valence-electron chi connectivity index (χ1n) is 6.46. The van der Waals surface area contributed by atoms with Gasteiger partial charge >= 0.3 is 0 Å². The maximum Gasteiger partial charge on any atom is 0.265 e. The van der Waals surface area contributed by atoms with Crippen molar-refractivity contribution in [1.29, 1.82) is 0 Å². The summed E-state index contributed by atoms with van der Waals surface area (Å²) in [4.78, 5) is 19.4. The molecule has 0 aliphatic heterocycles. The Morgan fingerprint density at radius 2 is 2.28 bits per heavy atom. The minimum absolute atomic E-state index is 0.0881. The Labute approximate surface area is 114 Å². The fourth-order valence-corrected chi connectivity index (χ4v) is 3.81. The molecular weight excluding hydrogens is 296 g/mol. The zero-order valence-corrected chi connectivity index (χ0v) is 12.0. The van der Waals surface area contributed by atoms with Crippen LogP contribution in [0.5, 0.6) is 0 Å². The number of methoxy groups -OCH3 is 1. The van der Waals surface area contributed by atoms with E-state index in [0.29, 0.717) is 22.7 Å². The summed E-state index contributed by atoms with van der Waals surface area (Å²) in [6.45, 7) is 0.373. The molecule has 3 rings (SSSR count). The molecule has 2 fully saturated rings. The molecule has 98 valence electrons. The van der Waals surface area contributed by atoms with E-state index in [1.807, 2.05) is 0 Å². The van der Waals surface area contributed by atoms with Crippen LogP contribution in [0.25, 0.3) is 0 Å². The molecule has 3 atom stereocenters. The number of hydrogen-bond acceptors (Lipinski definition) is 3. The molecule has 4 nitrogen and oxygen atoms in total. The number of aromatic amines is 1. The average Bonchev–Trinajstić information content (AvgIpc) is 2.97. The lowest BCUT2D eigenvalue weighted by Crippen LogP contribution is -2.21. The molecule has 5 heteroatoms. The minimum atomic E-state index is -0.0881. The van der Waals surface area contributed by atoms with Crippen molar-refractivity contribution in [2.24, 2.45) is 11.8 Å². The second-order valence-corrected chi connectivity index (χ2v) is 6.22. The first-order valence-corrected chi connectivity index (χ1v) is 7.26. The summed E-state index contributed by atoms with van der Waals surface area (Å²) < 4.78 is 5.59. The predicted octanol–water partition coefficient (Wildman–Crippen LogP) is 2.58. The second-order valence-electron chi connectivity index (χ2n) is 5.43. The molecule has 2 bridgehead atoms. The molecule has 1 heterocycles. The van der Waals surface area contributed by atoms with Gasteiger partial charge in [0.1, 0.15) is 10.3 Å². The van der Waals surface area contributed by atoms with Gasteiger partial charge in [-0.1, -0.05) is 6.42 Å². The predicted molar refractivity (Wildman–Crippen MR) is 71.5 cm³/mol. The van der Waals surface area contributed by atoms with E-state index in [9.17, 15) is 4.79 Å². The Morgan fingerprint density at radius 1 is 1.44 bits per heavy atom. The SMILES string of the molecule is COCc1nc(C2CC3CCC2C3)[nH]c(=O)c1Br. The molecule has 0 saturated heterocycles. The topological polar surface area (TPSA) is 55.0 Å². The molecule has 18 heavy (non-hydrogen) atoms. The standard InChI is InChI=1S/C13H17BrN2O2/c1-18-6-10-11(14)13(17)16-12(15-10)9-5-7-2-3-8(9)4-7/h7-9H,2-6H2,1H3,(H,15,16,17). The highest BCUT2D eigenvalue weighted by Gasteiger charge is 2.41. The number of H-pyrrole nitrogens is 1. The molecule has 0 spiro atoms. The molecule has 1 aromatic rings. The summed E-state index contributed by atoms with van der Waals surface area (Å²) in [6, 6.07) is 0. The normalized spacial score (nSPS) is 30.0. The van der Waals surface area contributed by atoms with Gasteiger partial charge in [-0.25, -0.2) is 4.98 Å². The number of aromatic nitrogens is 2. The highest BCUT2D eigenvalue weighted by Crippen LogP contribution is 2.51. The summed E-state index contributed by atoms with van der Waals surface area (Å²) >= 11 is 3.28. The lowest BCUT2D eigenvalue weighted by Gasteiger charge is -2.21. The van der Waals surface area contributed by atoms with Crippen molar-refractivity contribution < 1.29 is 4.74 Å². The van der Waals surface area contributed by atoms with Crippen LogP contribution >= 0.6 is 15.9 Å². The molecule has 0 radical (unpaired) electrons. The molecule has 0 amide bonds. The van der Waals surface area contributed by atoms with Crippen LogP contribution in [-0.2, 0) is 11.3 Å². The monoisotopic (exact) mass is 312 g/mol. The van der Waals surface area contributed by atoms with E-state index in [0.717, 1.165) is 17.7 Å². The van der Waals surface area contributed by atoms with Gasteiger partial charge in [-0.3, -0.25) is 4.79 Å². The highest BCUT2D eigenvalue weighted by atomic mass is 79.9. The van der Waals surface area contributed by atoms with Crippen molar-refractivity contribution in [1.82, 2.24) is 9.97 Å². The van der Waals surface area contributed by atoms with Gasteiger partial charge in [0.15, 0.2) is 0 Å². The highest BCUT2D eigenvalue weighted by molar-refractivity contribution is 9.10. The fourth-order valence-electron chi connectivity index (χ4n) is 3.51. The van der Waals surface area contributed by atoms with Crippen LogP contribution in [0, 0.1) is 11.8 Å². The lowest BCUT2D eigenvalue weighted by molar-refractivity contribution is 0.180. The quantitative estimate of drug-likeness (QED) is 0.933. The third-order valence-electron chi connectivity index (χ3n) is 4.32. The van der Waals surface area contributed by atoms with Crippen molar-refractivity contribution in [3.8, 4) is 0 Å². The smallest absolute Gasteiger partial charge is 0.265 e. The summed E-state index contributed by atoms with van der Waals surface area (Å²) in [5.74, 6) is 2.87. The van der Waals surface area contributed by atoms with E-state index in [2.05, 4.69) is 25.9 Å². The van der Waals surface area contributed by atoms with E-state index in [1.165, 1.54) is 25.7 Å². The molecule has 0 aromatic carbocycles. The van der Waals surface area contributed by atoms with Crippen LogP contribution in [-0.4, -0.2) is 17.1 Å². The fraction of sp³-hybridized carbons (Fsp3) is 0.692. The first kappa shape index (κ1) is 12.4. The molecule has 1 N–H and O–H groups in total. The van der Waals surface area contributed by atoms with Crippen molar-refractivity contribution in [3.05, 3.63) is 26.3 Å². The van der Waals surface area contributed by atoms with E-state index in [1.54, 1.807) is 7.11 Å². The first-order chi connectivity index (χ1) is 8.69. The van der Waals surface area contributed by atoms with Gasteiger partial charge in [-0.15, -0.1) is 0 Å². The Kier molecular flexibility index (Phi) is 3.28. The van der Waals surface area contributed by atoms with E-state index in [-0.39, 0.29) is 5.56 Å². The lowest BCUT2D eigenvalue weighted by atomic mass is 9.88. The van der Waals surface area contributed by atoms with Gasteiger partial charge in [-0.05, 0) is 47.0 Å². The molecule has 3 unspecified atom stereocenters. The van der Waals surface area contributed by atoms with Crippen molar-refractivity contribution >= 4 is 15.9 Å². The zero-order chi connectivity index (χ0) is 12.7. The van der Waals surface area contributed by atoms with Gasteiger partial charge in [0.05, 0.1) is 12.3 Å². The number of halogens is 1. The number of ether oxygens (including phenoxy) is 1. The Bertz CT molecular complexity index is 514. The maximum atomic E-state index is 11.9. The van der Waals surface area contributed by atoms with Crippen molar-refractivity contribution in [3.63, 3.8) is 0 Å². The minimum Gasteiger partial charge on any atom is -0.378 e. The number of nitrogens with one attached hydrogen (secondary N) is 1. The van der Waals surface area contributed by atoms with Crippen LogP contribution in [0.3, 0.4) is 0 Å². The Balaban J connectivity index is 1.95. The van der Waals surface area contributed by atoms with Crippen LogP contribution in [0.1, 0.15) is 43.1 Å². The molecule has 1 aromatic heterocycles. The number of fused-ring (bicyclic) bond motifs is 2. The molecular formula is C13H17BrN2O2. The van der Waals surface area contributed by atoms with Crippen LogP contribution in [0.15, 0.2) is 9.27 Å². The van der Waals surface area contributed by atoms with Crippen LogP contribution in [0.2, 0.25) is 0 Å². The Morgan fingerprint density at radius 3 is 2.89 bits per heavy atom. The van der Waals surface area contributed by atoms with Crippen molar-refractivity contribution in [2.45, 2.75) is 38.2 Å². The average molecular weight is 313 g/mol. The largest absolute Gasteiger partial charge is 0.378 e. The number of nitrogens with zero attached hydrogens (tertiary/aromatic N) is 1. The number of hydrogen-bond donors (Lipinski definition) is 1. The van der Waals surface area contributed by atoms with Gasteiger partial charge in [0.2, 0.25) is 0 Å². The summed E-state index contributed by atoms with van der Waals surface area (Å²) in [5, 5.41) is 0. The van der Waals surface area contributed by atoms with Gasteiger partial charge < -0.3 is 9.72 Å². The van der Waals surface area contributed by atoms with Crippen LogP contribution in [0.4, 0.5) is 0 Å². The summed E-state index contributed by atoms with van der Waals surface area (Å²) in [6.07, 6.45) is 5.13. The van der Waals surface area contributed by atoms with Crippen molar-refractivity contribution in [2.75, 3.05) is 7.11 Å². The van der Waals surface area contributed by atoms with Gasteiger partial charge in [0.25, 0.3) is 5.56 Å². The summed E-state index contributed by atoms with van der Waals surface area (Å²) in [5.41, 5.74) is 0.619. The summed E-state index contributed by atoms with van der Waals surface area (Å²) in [7, 11) is 1.62. The van der Waals surface area contributed by atoms with Gasteiger partial charge in [-0.2, -0.15) is 0 Å². The van der Waals surface area contributed by atoms with E-state index >= 15 is 0 Å². The second kappa shape index (κ2) is 4.78. The molecule has 2 aliphatic rings. The van der Waals surface area contributed by atoms with Crippen LogP contribution < -0.4 is 5.56 Å². The Hall–Kier alpha value is -0.680. The molecule has 2 saturated carbocycles.